The number of alkyl carbamates (subject to hydrolysis) is 1. The number of halogens is 3. The van der Waals surface area contributed by atoms with E-state index in [4.69, 9.17) is 63.5 Å². The molecule has 0 aliphatic rings. The number of rotatable bonds is 24. The van der Waals surface area contributed by atoms with Crippen LogP contribution in [0.25, 0.3) is 66.3 Å². The van der Waals surface area contributed by atoms with Crippen LogP contribution >= 0.6 is 0 Å². The quantitative estimate of drug-likeness (QED) is 0.0248. The Labute approximate surface area is 637 Å². The molecule has 552 valence electrons. The van der Waals surface area contributed by atoms with Gasteiger partial charge in [-0.05, 0) is 142 Å². The molecule has 0 unspecified atom stereocenters. The molecule has 0 saturated carbocycles. The molecular weight excluding hydrogens is 1400 g/mol. The number of carboxylic acid groups (broad SMARTS) is 1. The largest absolute Gasteiger partial charge is 1.00 e. The number of hydrogen-bond acceptors (Lipinski definition) is 19. The normalized spacial score (nSPS) is 10.7. The molecule has 25 heteroatoms. The maximum absolute atomic E-state index is 15.7. The number of nitrogens with one attached hydrogen (secondary N) is 1. The fourth-order valence-corrected chi connectivity index (χ4v) is 11.7. The Morgan fingerprint density at radius 3 is 1.13 bits per heavy atom. The zero-order chi connectivity index (χ0) is 76.3. The van der Waals surface area contributed by atoms with Crippen molar-refractivity contribution in [1.29, 1.82) is 15.8 Å². The van der Waals surface area contributed by atoms with Crippen LogP contribution in [0.2, 0.25) is 0 Å². The molecule has 21 nitrogen and oxygen atoms in total. The molecule has 3 heterocycles. The molecule has 12 rings (SSSR count). The van der Waals surface area contributed by atoms with Crippen LogP contribution in [0.3, 0.4) is 0 Å². The van der Waals surface area contributed by atoms with Crippen molar-refractivity contribution in [3.8, 4) is 68.8 Å². The monoisotopic (exact) mass is 1470 g/mol. The van der Waals surface area contributed by atoms with Gasteiger partial charge in [-0.15, -0.1) is 0 Å². The van der Waals surface area contributed by atoms with Crippen LogP contribution in [0.5, 0.6) is 17.2 Å². The second-order valence-corrected chi connectivity index (χ2v) is 25.2. The van der Waals surface area contributed by atoms with Gasteiger partial charge in [0.05, 0.1) is 86.2 Å². The molecule has 9 aromatic carbocycles. The summed E-state index contributed by atoms with van der Waals surface area (Å²) in [6, 6.07) is 52.0. The Morgan fingerprint density at radius 1 is 0.468 bits per heavy atom. The Morgan fingerprint density at radius 2 is 0.807 bits per heavy atom. The molecule has 0 saturated heterocycles. The number of hydrogen-bond donors (Lipinski definition) is 4. The minimum Gasteiger partial charge on any atom is -0.870 e. The second kappa shape index (κ2) is 38.1. The summed E-state index contributed by atoms with van der Waals surface area (Å²) in [6.07, 6.45) is 3.76. The van der Waals surface area contributed by atoms with E-state index in [0.717, 1.165) is 32.8 Å². The number of ether oxygens (including phenoxy) is 6. The van der Waals surface area contributed by atoms with Crippen molar-refractivity contribution < 1.29 is 103 Å². The number of amides is 1. The van der Waals surface area contributed by atoms with Crippen molar-refractivity contribution in [3.05, 3.63) is 267 Å². The summed E-state index contributed by atoms with van der Waals surface area (Å²) in [7, 11) is 0. The number of carboxylic acids is 1. The zero-order valence-electron chi connectivity index (χ0n) is 60.4. The third-order valence-corrected chi connectivity index (χ3v) is 16.6. The summed E-state index contributed by atoms with van der Waals surface area (Å²) in [5, 5.41) is 41.9. The summed E-state index contributed by atoms with van der Waals surface area (Å²) in [4.78, 5) is 47.4. The van der Waals surface area contributed by atoms with Gasteiger partial charge in [-0.2, -0.15) is 15.8 Å². The average molecular weight is 1470 g/mol. The number of nitrogens with two attached hydrogens (primary N) is 2. The van der Waals surface area contributed by atoms with Gasteiger partial charge in [0.2, 0.25) is 0 Å². The van der Waals surface area contributed by atoms with Gasteiger partial charge in [0.15, 0.2) is 0 Å². The van der Waals surface area contributed by atoms with Crippen molar-refractivity contribution in [2.24, 2.45) is 11.5 Å². The minimum absolute atomic E-state index is 0. The first-order chi connectivity index (χ1) is 51.6. The molecule has 0 aliphatic carbocycles. The van der Waals surface area contributed by atoms with E-state index < -0.39 is 35.3 Å². The van der Waals surface area contributed by atoms with E-state index in [2.05, 4.69) is 17.5 Å². The van der Waals surface area contributed by atoms with Crippen molar-refractivity contribution in [2.45, 2.75) is 98.9 Å². The fraction of sp³-hybridized carbons (Fsp3) is 0.202. The van der Waals surface area contributed by atoms with E-state index in [9.17, 15) is 34.1 Å². The Bertz CT molecular complexity index is 5410. The molecule has 109 heavy (non-hydrogen) atoms. The van der Waals surface area contributed by atoms with Gasteiger partial charge in [0, 0.05) is 103 Å². The van der Waals surface area contributed by atoms with Crippen LogP contribution in [0.1, 0.15) is 101 Å². The van der Waals surface area contributed by atoms with Crippen molar-refractivity contribution in [2.75, 3.05) is 13.2 Å². The first-order valence-electron chi connectivity index (χ1n) is 33.8. The molecule has 7 N–H and O–H groups in total. The average Bonchev–Trinajstić information content (AvgIpc) is 1.75. The SMILES string of the molecule is CCOC(=O)Cc1ccc(C#N)cc1OCc1cc(-c2cccc(CN)c2F)c2occc2c1.CCOC(=O)Cc1ccc(C#N)cc1OCc1cc(-c2cccc(CNC(=O)OC(C)(C)C)c2F)c2occc2c1.N#Cc1ccc(CC(=O)O)c(OCc2cc(-c3cccc(CN)c3F)c3occc3c2)c1.[Li+].[OH-]. The minimum atomic E-state index is -1.00. The Hall–Kier alpha value is -12.6. The molecule has 0 atom stereocenters. The molecule has 0 aliphatic heterocycles. The summed E-state index contributed by atoms with van der Waals surface area (Å²) >= 11 is 0. The first-order valence-corrected chi connectivity index (χ1v) is 33.8. The maximum Gasteiger partial charge on any atom is 1.00 e. The van der Waals surface area contributed by atoms with Crippen LogP contribution in [0.15, 0.2) is 196 Å². The molecule has 0 bridgehead atoms. The topological polar surface area (TPSA) is 349 Å². The summed E-state index contributed by atoms with van der Waals surface area (Å²) in [5.74, 6) is -1.97. The fourth-order valence-electron chi connectivity index (χ4n) is 11.7. The smallest absolute Gasteiger partial charge is 0.870 e. The van der Waals surface area contributed by atoms with Gasteiger partial charge >= 0.3 is 42.9 Å². The number of benzene rings is 9. The number of aliphatic carboxylic acids is 1. The third kappa shape index (κ3) is 20.9. The molecular formula is C84H74F3LiN6O15. The predicted octanol–water partition coefficient (Wildman–Crippen LogP) is 13.7. The number of esters is 2. The second-order valence-electron chi connectivity index (χ2n) is 25.2. The Kier molecular flexibility index (Phi) is 28.7. The van der Waals surface area contributed by atoms with E-state index in [1.807, 2.05) is 30.3 Å². The van der Waals surface area contributed by atoms with Crippen LogP contribution < -0.4 is 49.9 Å². The van der Waals surface area contributed by atoms with Crippen LogP contribution in [-0.2, 0) is 87.3 Å². The number of fused-ring (bicyclic) bond motifs is 3. The number of carbonyl (C=O) groups is 4. The van der Waals surface area contributed by atoms with E-state index in [-0.39, 0.29) is 114 Å². The number of furan rings is 3. The molecule has 1 amide bonds. The van der Waals surface area contributed by atoms with E-state index in [1.165, 1.54) is 18.6 Å². The summed E-state index contributed by atoms with van der Waals surface area (Å²) in [5.41, 5.74) is 21.1. The number of nitrogens with zero attached hydrogens (tertiary/aromatic N) is 3. The predicted molar refractivity (Wildman–Crippen MR) is 394 cm³/mol. The number of carbonyl (C=O) groups excluding carboxylic acids is 3. The van der Waals surface area contributed by atoms with Gasteiger partial charge in [-0.3, -0.25) is 14.4 Å². The van der Waals surface area contributed by atoms with Crippen LogP contribution in [0, 0.1) is 51.4 Å². The van der Waals surface area contributed by atoms with Crippen molar-refractivity contribution in [3.63, 3.8) is 0 Å². The van der Waals surface area contributed by atoms with E-state index >= 15 is 8.78 Å². The van der Waals surface area contributed by atoms with Gasteiger partial charge < -0.3 is 69.0 Å². The van der Waals surface area contributed by atoms with Gasteiger partial charge in [0.25, 0.3) is 0 Å². The van der Waals surface area contributed by atoms with Crippen LogP contribution in [-0.4, -0.2) is 53.4 Å². The van der Waals surface area contributed by atoms with E-state index in [1.54, 1.807) is 174 Å². The third-order valence-electron chi connectivity index (χ3n) is 16.6. The first kappa shape index (κ1) is 82.1. The van der Waals surface area contributed by atoms with E-state index in [0.29, 0.717) is 112 Å². The number of nitriles is 3. The van der Waals surface area contributed by atoms with Gasteiger partial charge in [-0.1, -0.05) is 72.8 Å². The maximum atomic E-state index is 15.7. The molecule has 0 spiro atoms. The van der Waals surface area contributed by atoms with Crippen molar-refractivity contribution >= 4 is 56.9 Å². The zero-order valence-corrected chi connectivity index (χ0v) is 60.4. The van der Waals surface area contributed by atoms with Gasteiger partial charge in [-0.25, -0.2) is 18.0 Å². The summed E-state index contributed by atoms with van der Waals surface area (Å²) in [6.45, 7) is 9.67. The van der Waals surface area contributed by atoms with Gasteiger partial charge in [0.1, 0.15) is 76.9 Å². The molecule has 3 aromatic heterocycles. The summed E-state index contributed by atoms with van der Waals surface area (Å²) < 4.78 is 96.1. The molecule has 0 fully saturated rings. The van der Waals surface area contributed by atoms with Crippen molar-refractivity contribution in [1.82, 2.24) is 5.32 Å². The standard InChI is InChI=1S/C32H31FN2O6.C27H23FN2O4.C25H19FN2O4.Li.H2O/c1-5-38-28(36)16-22-10-9-20(17-34)15-27(22)40-19-21-13-23-11-12-39-30(23)26(14-21)25-8-6-7-24(29(25)33)18-35-31(37)41-32(2,3)4;1-2-32-25(31)13-19-7-6-17(14-29)12-24(19)34-16-18-10-20-8-9-33-27(20)23(11-18)22-5-3-4-21(15-30)26(22)28;26-24-19(13-28)2-1-3-20(24)21-9-16(8-18-6-7-31-25(18)21)14-32-22-10-15(12-27)4-5-17(22)11-23(29)30;;/h6-15H,5,16,18-19H2,1-4H3,(H,35,37);3-12H,2,13,15-16,30H2,1H3;1-10H,11,13-14,28H2,(H,29,30);;1H2/q;;;+1;/p-1. The molecule has 0 radical (unpaired) electrons. The Balaban J connectivity index is 0.000000206. The van der Waals surface area contributed by atoms with Crippen LogP contribution in [0.4, 0.5) is 18.0 Å². The molecule has 12 aromatic rings.